The van der Waals surface area contributed by atoms with Crippen LogP contribution in [-0.4, -0.2) is 22.9 Å². The summed E-state index contributed by atoms with van der Waals surface area (Å²) in [6.07, 6.45) is 0. The second-order valence-electron chi connectivity index (χ2n) is 7.26. The minimum Gasteiger partial charge on any atom is -0.453 e. The smallest absolute Gasteiger partial charge is 0.356 e. The van der Waals surface area contributed by atoms with E-state index in [0.29, 0.717) is 31.9 Å². The molecule has 0 spiro atoms. The molecule has 5 nitrogen and oxygen atoms in total. The summed E-state index contributed by atoms with van der Waals surface area (Å²) in [4.78, 5) is 38.7. The lowest BCUT2D eigenvalue weighted by atomic mass is 9.97. The van der Waals surface area contributed by atoms with Crippen LogP contribution < -0.4 is 5.56 Å². The Balaban J connectivity index is 1.78. The fraction of sp³-hybridized carbons (Fsp3) is 0.0800. The third-order valence-corrected chi connectivity index (χ3v) is 6.00. The number of hydrogen-bond donors (Lipinski definition) is 0. The Hall–Kier alpha value is -3.12. The first kappa shape index (κ1) is 23.1. The summed E-state index contributed by atoms with van der Waals surface area (Å²) in [5.41, 5.74) is 1.02. The van der Waals surface area contributed by atoms with Crippen molar-refractivity contribution in [3.63, 3.8) is 0 Å². The van der Waals surface area contributed by atoms with Crippen LogP contribution in [0.25, 0.3) is 21.9 Å². The van der Waals surface area contributed by atoms with E-state index in [2.05, 4.69) is 0 Å². The van der Waals surface area contributed by atoms with Crippen molar-refractivity contribution in [2.24, 2.45) is 7.05 Å². The van der Waals surface area contributed by atoms with Crippen LogP contribution in [0.1, 0.15) is 20.8 Å². The number of nitrogens with zero attached hydrogens (tertiary/aromatic N) is 1. The van der Waals surface area contributed by atoms with Crippen LogP contribution in [-0.2, 0) is 11.8 Å². The number of fused-ring (bicyclic) bond motifs is 1. The van der Waals surface area contributed by atoms with Gasteiger partial charge in [0, 0.05) is 33.6 Å². The molecule has 0 saturated carbocycles. The van der Waals surface area contributed by atoms with Crippen molar-refractivity contribution < 1.29 is 14.3 Å². The predicted molar refractivity (Wildman–Crippen MR) is 131 cm³/mol. The van der Waals surface area contributed by atoms with E-state index in [1.165, 1.54) is 29.8 Å². The summed E-state index contributed by atoms with van der Waals surface area (Å²) >= 11 is 18.0. The molecule has 0 saturated heterocycles. The van der Waals surface area contributed by atoms with E-state index in [1.807, 2.05) is 0 Å². The highest BCUT2D eigenvalue weighted by Gasteiger charge is 2.24. The molecule has 1 aromatic heterocycles. The Morgan fingerprint density at radius 3 is 2.18 bits per heavy atom. The third kappa shape index (κ3) is 4.53. The molecule has 166 valence electrons. The van der Waals surface area contributed by atoms with Gasteiger partial charge in [-0.05, 0) is 47.3 Å². The van der Waals surface area contributed by atoms with Crippen molar-refractivity contribution in [1.29, 1.82) is 0 Å². The molecule has 33 heavy (non-hydrogen) atoms. The highest BCUT2D eigenvalue weighted by Crippen LogP contribution is 2.32. The van der Waals surface area contributed by atoms with E-state index in [0.717, 1.165) is 0 Å². The molecule has 0 aliphatic carbocycles. The fourth-order valence-electron chi connectivity index (χ4n) is 3.61. The summed E-state index contributed by atoms with van der Waals surface area (Å²) in [5, 5.41) is 2.10. The molecule has 8 heteroatoms. The molecule has 4 rings (SSSR count). The maximum atomic E-state index is 13.2. The number of hydrogen-bond acceptors (Lipinski definition) is 4. The number of ether oxygens (including phenoxy) is 1. The van der Waals surface area contributed by atoms with Gasteiger partial charge in [-0.2, -0.15) is 0 Å². The van der Waals surface area contributed by atoms with Gasteiger partial charge in [-0.3, -0.25) is 9.59 Å². The zero-order chi connectivity index (χ0) is 23.7. The van der Waals surface area contributed by atoms with Crippen LogP contribution in [0.3, 0.4) is 0 Å². The van der Waals surface area contributed by atoms with Gasteiger partial charge >= 0.3 is 5.97 Å². The van der Waals surface area contributed by atoms with Crippen LogP contribution in [0.2, 0.25) is 15.1 Å². The van der Waals surface area contributed by atoms with Crippen molar-refractivity contribution in [1.82, 2.24) is 4.57 Å². The highest BCUT2D eigenvalue weighted by molar-refractivity contribution is 6.37. The summed E-state index contributed by atoms with van der Waals surface area (Å²) in [6, 6.07) is 18.3. The van der Waals surface area contributed by atoms with E-state index in [9.17, 15) is 14.4 Å². The standard InChI is InChI=1S/C25H16Cl3NO4/c1-29-23(25(32)33-13-21(30)19-11-10-16(27)12-20(19)28)22(14-6-8-15(26)9-7-14)17-4-2-3-5-18(17)24(29)31/h2-12H,13H2,1H3. The summed E-state index contributed by atoms with van der Waals surface area (Å²) in [5.74, 6) is -1.31. The molecule has 0 atom stereocenters. The number of benzene rings is 3. The SMILES string of the molecule is Cn1c(C(=O)OCC(=O)c2ccc(Cl)cc2Cl)c(-c2ccc(Cl)cc2)c2ccccc2c1=O. The number of ketones is 1. The molecule has 4 aromatic rings. The number of carbonyl (C=O) groups is 2. The number of carbonyl (C=O) groups excluding carboxylic acids is 2. The Morgan fingerprint density at radius 1 is 0.879 bits per heavy atom. The molecular weight excluding hydrogens is 485 g/mol. The number of esters is 1. The molecule has 0 amide bonds. The summed E-state index contributed by atoms with van der Waals surface area (Å²) < 4.78 is 6.56. The minimum absolute atomic E-state index is 0.0241. The number of pyridine rings is 1. The van der Waals surface area contributed by atoms with Gasteiger partial charge in [-0.15, -0.1) is 0 Å². The molecule has 1 heterocycles. The first-order valence-corrected chi connectivity index (χ1v) is 10.9. The monoisotopic (exact) mass is 499 g/mol. The Labute approximate surface area is 204 Å². The summed E-state index contributed by atoms with van der Waals surface area (Å²) in [6.45, 7) is -0.554. The molecule has 3 aromatic carbocycles. The van der Waals surface area contributed by atoms with Crippen LogP contribution in [0.4, 0.5) is 0 Å². The molecule has 0 aliphatic rings. The van der Waals surface area contributed by atoms with Gasteiger partial charge < -0.3 is 9.30 Å². The van der Waals surface area contributed by atoms with Gasteiger partial charge in [0.2, 0.25) is 5.78 Å². The van der Waals surface area contributed by atoms with Crippen molar-refractivity contribution >= 4 is 57.3 Å². The van der Waals surface area contributed by atoms with Crippen molar-refractivity contribution in [3.05, 3.63) is 103 Å². The van der Waals surface area contributed by atoms with Gasteiger partial charge in [0.1, 0.15) is 5.69 Å². The van der Waals surface area contributed by atoms with E-state index in [-0.39, 0.29) is 21.8 Å². The van der Waals surface area contributed by atoms with Gasteiger partial charge in [-0.25, -0.2) is 4.79 Å². The topological polar surface area (TPSA) is 65.4 Å². The van der Waals surface area contributed by atoms with Gasteiger partial charge in [0.05, 0.1) is 5.02 Å². The largest absolute Gasteiger partial charge is 0.453 e. The van der Waals surface area contributed by atoms with Crippen LogP contribution >= 0.6 is 34.8 Å². The molecule has 0 unspecified atom stereocenters. The number of aromatic nitrogens is 1. The van der Waals surface area contributed by atoms with Crippen molar-refractivity contribution in [2.45, 2.75) is 0 Å². The lowest BCUT2D eigenvalue weighted by Gasteiger charge is -2.17. The normalized spacial score (nSPS) is 10.9. The second kappa shape index (κ2) is 9.40. The molecular formula is C25H16Cl3NO4. The van der Waals surface area contributed by atoms with E-state index in [4.69, 9.17) is 39.5 Å². The lowest BCUT2D eigenvalue weighted by molar-refractivity contribution is 0.0465. The third-order valence-electron chi connectivity index (χ3n) is 5.20. The zero-order valence-electron chi connectivity index (χ0n) is 17.3. The van der Waals surface area contributed by atoms with E-state index >= 15 is 0 Å². The van der Waals surface area contributed by atoms with Crippen LogP contribution in [0.5, 0.6) is 0 Å². The number of rotatable bonds is 5. The predicted octanol–water partition coefficient (Wildman–Crippen LogP) is 6.21. The first-order chi connectivity index (χ1) is 15.8. The Kier molecular flexibility index (Phi) is 6.56. The van der Waals surface area contributed by atoms with E-state index in [1.54, 1.807) is 48.5 Å². The number of Topliss-reactive ketones (excluding diaryl/α,β-unsaturated/α-hetero) is 1. The molecule has 0 aliphatic heterocycles. The zero-order valence-corrected chi connectivity index (χ0v) is 19.5. The fourth-order valence-corrected chi connectivity index (χ4v) is 4.25. The van der Waals surface area contributed by atoms with Crippen LogP contribution in [0, 0.1) is 0 Å². The lowest BCUT2D eigenvalue weighted by Crippen LogP contribution is -2.27. The van der Waals surface area contributed by atoms with Crippen LogP contribution in [0.15, 0.2) is 71.5 Å². The van der Waals surface area contributed by atoms with Gasteiger partial charge in [0.15, 0.2) is 6.61 Å². The molecule has 0 fully saturated rings. The quantitative estimate of drug-likeness (QED) is 0.241. The van der Waals surface area contributed by atoms with Gasteiger partial charge in [0.25, 0.3) is 5.56 Å². The Bertz CT molecular complexity index is 1460. The van der Waals surface area contributed by atoms with Crippen molar-refractivity contribution in [2.75, 3.05) is 6.61 Å². The molecule has 0 radical (unpaired) electrons. The number of halogens is 3. The maximum absolute atomic E-state index is 13.2. The second-order valence-corrected chi connectivity index (χ2v) is 8.54. The molecule has 0 bridgehead atoms. The van der Waals surface area contributed by atoms with Gasteiger partial charge in [-0.1, -0.05) is 65.1 Å². The van der Waals surface area contributed by atoms with Crippen molar-refractivity contribution in [3.8, 4) is 11.1 Å². The average molecular weight is 501 g/mol. The average Bonchev–Trinajstić information content (AvgIpc) is 2.80. The molecule has 0 N–H and O–H groups in total. The Morgan fingerprint density at radius 2 is 1.52 bits per heavy atom. The van der Waals surface area contributed by atoms with E-state index < -0.39 is 18.4 Å². The maximum Gasteiger partial charge on any atom is 0.356 e. The highest BCUT2D eigenvalue weighted by atomic mass is 35.5. The minimum atomic E-state index is -0.816. The summed E-state index contributed by atoms with van der Waals surface area (Å²) in [7, 11) is 1.49. The first-order valence-electron chi connectivity index (χ1n) is 9.81.